The molecule has 8 heteroatoms. The van der Waals surface area contributed by atoms with Crippen molar-refractivity contribution in [2.45, 2.75) is 89.8 Å². The molecule has 0 aliphatic heterocycles. The van der Waals surface area contributed by atoms with Crippen LogP contribution in [-0.4, -0.2) is 27.8 Å². The highest BCUT2D eigenvalue weighted by molar-refractivity contribution is 5.82. The normalized spacial score (nSPS) is 17.3. The van der Waals surface area contributed by atoms with Crippen LogP contribution in [0.15, 0.2) is 21.7 Å². The summed E-state index contributed by atoms with van der Waals surface area (Å²) in [5, 5.41) is 3.49. The second-order valence-corrected chi connectivity index (χ2v) is 8.93. The maximum absolute atomic E-state index is 15.0. The molecule has 0 spiro atoms. The molecule has 2 saturated carbocycles. The lowest BCUT2D eigenvalue weighted by atomic mass is 10.1. The van der Waals surface area contributed by atoms with E-state index in [0.717, 1.165) is 55.9 Å². The van der Waals surface area contributed by atoms with Gasteiger partial charge in [0.25, 0.3) is 5.56 Å². The number of benzene rings is 1. The summed E-state index contributed by atoms with van der Waals surface area (Å²) in [6.07, 6.45) is 8.44. The molecule has 7 nitrogen and oxygen atoms in total. The Labute approximate surface area is 186 Å². The Bertz CT molecular complexity index is 1100. The fraction of sp³-hybridized carbons (Fsp3) is 0.625. The van der Waals surface area contributed by atoms with Crippen LogP contribution in [0.3, 0.4) is 0 Å². The average molecular weight is 446 g/mol. The van der Waals surface area contributed by atoms with Gasteiger partial charge in [0, 0.05) is 25.0 Å². The zero-order valence-corrected chi connectivity index (χ0v) is 18.7. The zero-order valence-electron chi connectivity index (χ0n) is 18.7. The lowest BCUT2D eigenvalue weighted by Crippen LogP contribution is -2.41. The van der Waals surface area contributed by atoms with Gasteiger partial charge in [0.2, 0.25) is 0 Å². The number of rotatable bonds is 8. The molecule has 1 heterocycles. The van der Waals surface area contributed by atoms with Crippen molar-refractivity contribution >= 4 is 22.6 Å². The third kappa shape index (κ3) is 4.59. The van der Waals surface area contributed by atoms with Gasteiger partial charge in [-0.3, -0.25) is 18.7 Å². The number of hydrogen-bond donors (Lipinski definition) is 1. The van der Waals surface area contributed by atoms with Gasteiger partial charge in [0.1, 0.15) is 5.82 Å². The highest BCUT2D eigenvalue weighted by Gasteiger charge is 2.25. The van der Waals surface area contributed by atoms with Crippen LogP contribution in [0.5, 0.6) is 0 Å². The lowest BCUT2D eigenvalue weighted by Gasteiger charge is -2.21. The van der Waals surface area contributed by atoms with E-state index >= 15 is 0 Å². The smallest absolute Gasteiger partial charge is 0.331 e. The Morgan fingerprint density at radius 3 is 2.50 bits per heavy atom. The van der Waals surface area contributed by atoms with Gasteiger partial charge in [-0.25, -0.2) is 9.18 Å². The first kappa shape index (κ1) is 22.6. The van der Waals surface area contributed by atoms with Crippen molar-refractivity contribution in [3.05, 3.63) is 38.8 Å². The predicted molar refractivity (Wildman–Crippen MR) is 122 cm³/mol. The first-order chi connectivity index (χ1) is 15.5. The quantitative estimate of drug-likeness (QED) is 0.618. The van der Waals surface area contributed by atoms with Crippen molar-refractivity contribution in [2.75, 3.05) is 11.9 Å². The third-order valence-corrected chi connectivity index (χ3v) is 6.73. The number of fused-ring (bicyclic) bond motifs is 1. The molecular formula is C24H32FN3O4. The highest BCUT2D eigenvalue weighted by atomic mass is 19.1. The Balaban J connectivity index is 1.75. The number of carbonyl (C=O) groups is 1. The first-order valence-corrected chi connectivity index (χ1v) is 11.9. The zero-order chi connectivity index (χ0) is 22.7. The molecule has 174 valence electrons. The summed E-state index contributed by atoms with van der Waals surface area (Å²) < 4.78 is 22.8. The SMILES string of the molecule is CCOC(=O)CCCn1c(=O)c2cc(F)c(NC3CCCC3)cc2n(C2CCCC2)c1=O. The molecule has 0 radical (unpaired) electrons. The predicted octanol–water partition coefficient (Wildman–Crippen LogP) is 4.12. The van der Waals surface area contributed by atoms with E-state index in [-0.39, 0.29) is 42.1 Å². The molecule has 1 aromatic carbocycles. The summed E-state index contributed by atoms with van der Waals surface area (Å²) in [4.78, 5) is 38.3. The Hall–Kier alpha value is -2.64. The molecular weight excluding hydrogens is 413 g/mol. The maximum Gasteiger partial charge on any atom is 0.331 e. The van der Waals surface area contributed by atoms with Crippen LogP contribution in [-0.2, 0) is 16.1 Å². The highest BCUT2D eigenvalue weighted by Crippen LogP contribution is 2.32. The van der Waals surface area contributed by atoms with Gasteiger partial charge in [-0.15, -0.1) is 0 Å². The molecule has 2 fully saturated rings. The molecule has 0 atom stereocenters. The van der Waals surface area contributed by atoms with E-state index in [9.17, 15) is 18.8 Å². The number of carbonyl (C=O) groups excluding carboxylic acids is 1. The summed E-state index contributed by atoms with van der Waals surface area (Å²) >= 11 is 0. The van der Waals surface area contributed by atoms with Gasteiger partial charge < -0.3 is 10.1 Å². The van der Waals surface area contributed by atoms with Gasteiger partial charge >= 0.3 is 11.7 Å². The van der Waals surface area contributed by atoms with Crippen molar-refractivity contribution < 1.29 is 13.9 Å². The summed E-state index contributed by atoms with van der Waals surface area (Å²) in [6, 6.07) is 3.12. The largest absolute Gasteiger partial charge is 0.466 e. The molecule has 4 rings (SSSR count). The molecule has 2 aliphatic rings. The number of nitrogens with one attached hydrogen (secondary N) is 1. The van der Waals surface area contributed by atoms with E-state index in [1.165, 1.54) is 6.07 Å². The molecule has 32 heavy (non-hydrogen) atoms. The second kappa shape index (κ2) is 9.88. The van der Waals surface area contributed by atoms with Crippen LogP contribution in [0.25, 0.3) is 10.9 Å². The first-order valence-electron chi connectivity index (χ1n) is 11.9. The van der Waals surface area contributed by atoms with Crippen LogP contribution in [0.4, 0.5) is 10.1 Å². The number of nitrogens with zero attached hydrogens (tertiary/aromatic N) is 2. The average Bonchev–Trinajstić information content (AvgIpc) is 3.47. The number of ether oxygens (including phenoxy) is 1. The molecule has 2 aromatic rings. The summed E-state index contributed by atoms with van der Waals surface area (Å²) in [6.45, 7) is 2.12. The van der Waals surface area contributed by atoms with E-state index in [0.29, 0.717) is 24.2 Å². The minimum absolute atomic E-state index is 0.00769. The van der Waals surface area contributed by atoms with Crippen LogP contribution in [0.1, 0.15) is 77.2 Å². The fourth-order valence-corrected chi connectivity index (χ4v) is 5.13. The van der Waals surface area contributed by atoms with Gasteiger partial charge in [-0.1, -0.05) is 25.7 Å². The molecule has 0 amide bonds. The number of hydrogen-bond acceptors (Lipinski definition) is 5. The van der Waals surface area contributed by atoms with E-state index < -0.39 is 11.4 Å². The van der Waals surface area contributed by atoms with Crippen molar-refractivity contribution in [1.29, 1.82) is 0 Å². The Morgan fingerprint density at radius 2 is 1.81 bits per heavy atom. The van der Waals surface area contributed by atoms with E-state index in [1.54, 1.807) is 17.6 Å². The van der Waals surface area contributed by atoms with Gasteiger partial charge in [-0.2, -0.15) is 0 Å². The van der Waals surface area contributed by atoms with Gasteiger partial charge in [0.05, 0.1) is 23.2 Å². The van der Waals surface area contributed by atoms with Crippen molar-refractivity contribution in [3.63, 3.8) is 0 Å². The minimum Gasteiger partial charge on any atom is -0.466 e. The molecule has 0 bridgehead atoms. The Morgan fingerprint density at radius 1 is 1.12 bits per heavy atom. The summed E-state index contributed by atoms with van der Waals surface area (Å²) in [7, 11) is 0. The maximum atomic E-state index is 15.0. The van der Waals surface area contributed by atoms with E-state index in [2.05, 4.69) is 5.32 Å². The monoisotopic (exact) mass is 445 g/mol. The number of anilines is 1. The van der Waals surface area contributed by atoms with Crippen LogP contribution >= 0.6 is 0 Å². The van der Waals surface area contributed by atoms with Crippen molar-refractivity contribution in [2.24, 2.45) is 0 Å². The van der Waals surface area contributed by atoms with Crippen LogP contribution in [0.2, 0.25) is 0 Å². The number of esters is 1. The fourth-order valence-electron chi connectivity index (χ4n) is 5.13. The summed E-state index contributed by atoms with van der Waals surface area (Å²) in [5.74, 6) is -0.831. The van der Waals surface area contributed by atoms with E-state index in [4.69, 9.17) is 4.74 Å². The lowest BCUT2D eigenvalue weighted by molar-refractivity contribution is -0.143. The van der Waals surface area contributed by atoms with Crippen molar-refractivity contribution in [3.8, 4) is 0 Å². The van der Waals surface area contributed by atoms with E-state index in [1.807, 2.05) is 0 Å². The molecule has 2 aliphatic carbocycles. The molecule has 1 aromatic heterocycles. The Kier molecular flexibility index (Phi) is 6.96. The van der Waals surface area contributed by atoms with Gasteiger partial charge in [0.15, 0.2) is 0 Å². The van der Waals surface area contributed by atoms with Crippen molar-refractivity contribution in [1.82, 2.24) is 9.13 Å². The number of aromatic nitrogens is 2. The molecule has 0 saturated heterocycles. The number of halogens is 1. The third-order valence-electron chi connectivity index (χ3n) is 6.73. The van der Waals surface area contributed by atoms with Crippen LogP contribution in [0, 0.1) is 5.82 Å². The topological polar surface area (TPSA) is 82.3 Å². The second-order valence-electron chi connectivity index (χ2n) is 8.93. The standard InChI is InChI=1S/C24H32FN3O4/c1-2-32-22(29)12-7-13-27-23(30)18-14-19(25)20(26-16-8-3-4-9-16)15-21(18)28(24(27)31)17-10-5-6-11-17/h14-17,26H,2-13H2,1H3. The van der Waals surface area contributed by atoms with Crippen LogP contribution < -0.4 is 16.6 Å². The molecule has 0 unspecified atom stereocenters. The van der Waals surface area contributed by atoms with Gasteiger partial charge in [-0.05, 0) is 51.2 Å². The minimum atomic E-state index is -0.505. The molecule has 1 N–H and O–H groups in total. The summed E-state index contributed by atoms with van der Waals surface area (Å²) in [5.41, 5.74) is -0.0310.